The van der Waals surface area contributed by atoms with E-state index < -0.39 is 20.1 Å². The quantitative estimate of drug-likeness (QED) is 0.352. The number of hydrogen-bond donors (Lipinski definition) is 1. The van der Waals surface area contributed by atoms with E-state index in [9.17, 15) is 18.9 Å². The van der Waals surface area contributed by atoms with Crippen LogP contribution in [0.4, 0.5) is 4.39 Å². The Morgan fingerprint density at radius 3 is 2.59 bits per heavy atom. The predicted octanol–water partition coefficient (Wildman–Crippen LogP) is 4.61. The fourth-order valence-corrected chi connectivity index (χ4v) is 3.99. The van der Waals surface area contributed by atoms with Crippen LogP contribution in [0.3, 0.4) is 0 Å². The van der Waals surface area contributed by atoms with E-state index in [1.165, 1.54) is 19.2 Å². The number of esters is 1. The zero-order valence-corrected chi connectivity index (χ0v) is 19.4. The molecule has 6 nitrogen and oxygen atoms in total. The van der Waals surface area contributed by atoms with Crippen LogP contribution in [-0.2, 0) is 18.6 Å². The standard InChI is InChI=1S/C24H27FNO5P/c1-15(2)24-20(10-11-31-23(28)12-19(27)14-32(29)30-3)21(13-22(26-24)17-4-5-17)16-6-8-18(25)9-7-16/h6-9,13,15,17,19,27,32H,4-5,12,14H2,1-3H3. The third kappa shape index (κ3) is 6.49. The van der Waals surface area contributed by atoms with Crippen molar-refractivity contribution in [1.29, 1.82) is 0 Å². The molecule has 1 saturated carbocycles. The second kappa shape index (κ2) is 10.9. The Morgan fingerprint density at radius 1 is 1.31 bits per heavy atom. The molecule has 1 aliphatic carbocycles. The van der Waals surface area contributed by atoms with Gasteiger partial charge in [0.25, 0.3) is 0 Å². The van der Waals surface area contributed by atoms with Gasteiger partial charge in [-0.15, -0.1) is 0 Å². The van der Waals surface area contributed by atoms with Crippen LogP contribution >= 0.6 is 8.03 Å². The first-order valence-corrected chi connectivity index (χ1v) is 12.1. The number of halogens is 1. The van der Waals surface area contributed by atoms with Gasteiger partial charge in [-0.05, 0) is 48.4 Å². The first-order chi connectivity index (χ1) is 15.3. The predicted molar refractivity (Wildman–Crippen MR) is 120 cm³/mol. The first kappa shape index (κ1) is 24.1. The molecule has 2 unspecified atom stereocenters. The summed E-state index contributed by atoms with van der Waals surface area (Å²) < 4.78 is 34.5. The second-order valence-electron chi connectivity index (χ2n) is 8.13. The summed E-state index contributed by atoms with van der Waals surface area (Å²) >= 11 is 0. The van der Waals surface area contributed by atoms with E-state index >= 15 is 0 Å². The van der Waals surface area contributed by atoms with Gasteiger partial charge in [0.05, 0.1) is 23.8 Å². The lowest BCUT2D eigenvalue weighted by atomic mass is 9.93. The number of aromatic nitrogens is 1. The largest absolute Gasteiger partial charge is 0.392 e. The zero-order valence-electron chi connectivity index (χ0n) is 18.4. The highest BCUT2D eigenvalue weighted by Gasteiger charge is 2.27. The average Bonchev–Trinajstić information content (AvgIpc) is 3.59. The molecule has 0 amide bonds. The van der Waals surface area contributed by atoms with Gasteiger partial charge in [0, 0.05) is 30.4 Å². The number of carbonyl (C=O) groups excluding carboxylic acids is 1. The Balaban J connectivity index is 1.89. The molecule has 1 N–H and O–H groups in total. The molecule has 170 valence electrons. The van der Waals surface area contributed by atoms with Crippen LogP contribution in [0, 0.1) is 17.8 Å². The van der Waals surface area contributed by atoms with Gasteiger partial charge in [-0.1, -0.05) is 26.0 Å². The fourth-order valence-electron chi connectivity index (χ4n) is 3.30. The van der Waals surface area contributed by atoms with Crippen molar-refractivity contribution in [3.8, 4) is 23.2 Å². The molecule has 0 radical (unpaired) electrons. The summed E-state index contributed by atoms with van der Waals surface area (Å²) in [5, 5.41) is 9.81. The molecule has 3 rings (SSSR count). The number of aliphatic hydroxyl groups excluding tert-OH is 1. The van der Waals surface area contributed by atoms with Crippen molar-refractivity contribution in [2.24, 2.45) is 0 Å². The molecule has 2 atom stereocenters. The first-order valence-electron chi connectivity index (χ1n) is 10.5. The van der Waals surface area contributed by atoms with Crippen LogP contribution in [-0.4, -0.2) is 35.4 Å². The number of nitrogens with zero attached hydrogens (tertiary/aromatic N) is 1. The minimum absolute atomic E-state index is 0.0707. The second-order valence-corrected chi connectivity index (χ2v) is 9.69. The van der Waals surface area contributed by atoms with Gasteiger partial charge in [0.2, 0.25) is 0 Å². The fraction of sp³-hybridized carbons (Fsp3) is 0.417. The Hall–Kier alpha value is -2.52. The Labute approximate surface area is 188 Å². The SMILES string of the molecule is CO[PH](=O)CC(O)CC(=O)OC#Cc1c(-c2ccc(F)cc2)cc(C2CC2)nc1C(C)C. The zero-order chi connectivity index (χ0) is 23.3. The number of ether oxygens (including phenoxy) is 1. The van der Waals surface area contributed by atoms with Crippen molar-refractivity contribution in [1.82, 2.24) is 4.98 Å². The van der Waals surface area contributed by atoms with Crippen molar-refractivity contribution >= 4 is 14.0 Å². The summed E-state index contributed by atoms with van der Waals surface area (Å²) in [7, 11) is -1.09. The summed E-state index contributed by atoms with van der Waals surface area (Å²) in [5.41, 5.74) is 4.01. The highest BCUT2D eigenvalue weighted by atomic mass is 31.1. The van der Waals surface area contributed by atoms with E-state index in [4.69, 9.17) is 9.72 Å². The van der Waals surface area contributed by atoms with Crippen LogP contribution in [0.5, 0.6) is 0 Å². The third-order valence-corrected chi connectivity index (χ3v) is 6.40. The Bertz CT molecular complexity index is 1050. The Morgan fingerprint density at radius 2 is 2.00 bits per heavy atom. The van der Waals surface area contributed by atoms with E-state index in [2.05, 4.69) is 16.6 Å². The third-order valence-electron chi connectivity index (χ3n) is 5.14. The number of rotatable bonds is 8. The molecular formula is C24H27FNO5P. The smallest absolute Gasteiger partial charge is 0.322 e. The highest BCUT2D eigenvalue weighted by Crippen LogP contribution is 2.42. The van der Waals surface area contributed by atoms with Crippen LogP contribution < -0.4 is 0 Å². The lowest BCUT2D eigenvalue weighted by Gasteiger charge is -2.15. The van der Waals surface area contributed by atoms with Crippen LogP contribution in [0.2, 0.25) is 0 Å². The Kier molecular flexibility index (Phi) is 8.20. The van der Waals surface area contributed by atoms with E-state index in [1.807, 2.05) is 19.9 Å². The van der Waals surface area contributed by atoms with Crippen LogP contribution in [0.15, 0.2) is 30.3 Å². The summed E-state index contributed by atoms with van der Waals surface area (Å²) in [6.07, 6.45) is 3.02. The van der Waals surface area contributed by atoms with Gasteiger partial charge in [0.15, 0.2) is 8.03 Å². The summed E-state index contributed by atoms with van der Waals surface area (Å²) in [5.74, 6) is 2.35. The molecule has 0 bridgehead atoms. The maximum atomic E-state index is 13.5. The van der Waals surface area contributed by atoms with Gasteiger partial charge in [-0.2, -0.15) is 0 Å². The molecule has 1 aromatic carbocycles. The van der Waals surface area contributed by atoms with Crippen molar-refractivity contribution in [2.75, 3.05) is 13.3 Å². The maximum Gasteiger partial charge on any atom is 0.322 e. The monoisotopic (exact) mass is 459 g/mol. The summed E-state index contributed by atoms with van der Waals surface area (Å²) in [6, 6.07) is 8.15. The van der Waals surface area contributed by atoms with Crippen molar-refractivity contribution in [3.63, 3.8) is 0 Å². The van der Waals surface area contributed by atoms with Gasteiger partial charge >= 0.3 is 5.97 Å². The molecule has 1 aromatic heterocycles. The molecule has 1 fully saturated rings. The lowest BCUT2D eigenvalue weighted by Crippen LogP contribution is -2.16. The van der Waals surface area contributed by atoms with E-state index in [1.54, 1.807) is 12.1 Å². The molecule has 0 aliphatic heterocycles. The molecule has 2 aromatic rings. The molecule has 32 heavy (non-hydrogen) atoms. The maximum absolute atomic E-state index is 13.5. The van der Waals surface area contributed by atoms with Crippen molar-refractivity contribution < 1.29 is 28.1 Å². The van der Waals surface area contributed by atoms with E-state index in [0.717, 1.165) is 35.4 Å². The molecule has 8 heteroatoms. The number of hydrogen-bond acceptors (Lipinski definition) is 6. The summed E-state index contributed by atoms with van der Waals surface area (Å²) in [6.45, 7) is 4.03. The van der Waals surface area contributed by atoms with Crippen LogP contribution in [0.1, 0.15) is 61.9 Å². The van der Waals surface area contributed by atoms with E-state index in [0.29, 0.717) is 11.5 Å². The van der Waals surface area contributed by atoms with Crippen LogP contribution in [0.25, 0.3) is 11.1 Å². The van der Waals surface area contributed by atoms with Gasteiger partial charge in [-0.3, -0.25) is 14.3 Å². The molecule has 1 aliphatic rings. The number of carbonyl (C=O) groups is 1. The molecular weight excluding hydrogens is 432 g/mol. The van der Waals surface area contributed by atoms with Crippen molar-refractivity contribution in [2.45, 2.75) is 51.0 Å². The molecule has 1 heterocycles. The lowest BCUT2D eigenvalue weighted by molar-refractivity contribution is -0.138. The molecule has 0 saturated heterocycles. The molecule has 0 spiro atoms. The average molecular weight is 459 g/mol. The van der Waals surface area contributed by atoms with Gasteiger partial charge in [0.1, 0.15) is 11.9 Å². The number of aliphatic hydroxyl groups is 1. The number of pyridine rings is 1. The van der Waals surface area contributed by atoms with E-state index in [-0.39, 0.29) is 24.3 Å². The number of benzene rings is 1. The minimum atomic E-state index is -2.37. The summed E-state index contributed by atoms with van der Waals surface area (Å²) in [4.78, 5) is 16.8. The van der Waals surface area contributed by atoms with Crippen molar-refractivity contribution in [3.05, 3.63) is 53.1 Å². The topological polar surface area (TPSA) is 85.7 Å². The normalized spacial score (nSPS) is 15.1. The van der Waals surface area contributed by atoms with Gasteiger partial charge < -0.3 is 14.4 Å². The highest BCUT2D eigenvalue weighted by molar-refractivity contribution is 7.39. The van der Waals surface area contributed by atoms with Gasteiger partial charge in [-0.25, -0.2) is 4.39 Å². The minimum Gasteiger partial charge on any atom is -0.392 e.